The highest BCUT2D eigenvalue weighted by Crippen LogP contribution is 2.24. The van der Waals surface area contributed by atoms with Crippen LogP contribution >= 0.6 is 0 Å². The highest BCUT2D eigenvalue weighted by atomic mass is 32.2. The monoisotopic (exact) mass is 214 g/mol. The summed E-state index contributed by atoms with van der Waals surface area (Å²) in [6.45, 7) is 3.60. The van der Waals surface area contributed by atoms with Gasteiger partial charge in [-0.3, -0.25) is 0 Å². The van der Waals surface area contributed by atoms with Crippen molar-refractivity contribution in [3.63, 3.8) is 0 Å². The number of nitrogens with two attached hydrogens (primary N) is 1. The molecule has 4 nitrogen and oxygen atoms in total. The number of benzene rings is 1. The highest BCUT2D eigenvalue weighted by Gasteiger charge is 2.18. The number of hydrogen-bond acceptors (Lipinski definition) is 3. The molecule has 0 saturated heterocycles. The Morgan fingerprint density at radius 1 is 1.29 bits per heavy atom. The summed E-state index contributed by atoms with van der Waals surface area (Å²) in [7, 11) is -2.09. The first-order chi connectivity index (χ1) is 6.40. The molecule has 0 fully saturated rings. The number of nitrogen functional groups attached to an aromatic ring is 1. The largest absolute Gasteiger partial charge is 0.398 e. The summed E-state index contributed by atoms with van der Waals surface area (Å²) < 4.78 is 25.5. The number of rotatable bonds is 2. The van der Waals surface area contributed by atoms with Crippen LogP contribution in [0.5, 0.6) is 0 Å². The zero-order valence-corrected chi connectivity index (χ0v) is 9.27. The van der Waals surface area contributed by atoms with Crippen LogP contribution in [0.1, 0.15) is 11.1 Å². The average molecular weight is 214 g/mol. The third kappa shape index (κ3) is 1.73. The Kier molecular flexibility index (Phi) is 2.82. The van der Waals surface area contributed by atoms with Crippen LogP contribution in [0.4, 0.5) is 5.69 Å². The van der Waals surface area contributed by atoms with Gasteiger partial charge in [0.15, 0.2) is 0 Å². The van der Waals surface area contributed by atoms with E-state index in [-0.39, 0.29) is 10.6 Å². The highest BCUT2D eigenvalue weighted by molar-refractivity contribution is 7.89. The van der Waals surface area contributed by atoms with Gasteiger partial charge >= 0.3 is 0 Å². The molecule has 1 aromatic carbocycles. The van der Waals surface area contributed by atoms with Crippen molar-refractivity contribution in [1.29, 1.82) is 0 Å². The lowest BCUT2D eigenvalue weighted by Crippen LogP contribution is -2.21. The Labute approximate surface area is 84.2 Å². The topological polar surface area (TPSA) is 72.2 Å². The summed E-state index contributed by atoms with van der Waals surface area (Å²) in [4.78, 5) is 0.181. The lowest BCUT2D eigenvalue weighted by molar-refractivity contribution is 0.588. The second kappa shape index (κ2) is 3.59. The Morgan fingerprint density at radius 3 is 2.36 bits per heavy atom. The predicted octanol–water partition coefficient (Wildman–Crippen LogP) is 0.794. The first-order valence-corrected chi connectivity index (χ1v) is 5.67. The number of hydrogen-bond donors (Lipinski definition) is 2. The molecule has 0 aromatic heterocycles. The van der Waals surface area contributed by atoms with Crippen LogP contribution in [0.3, 0.4) is 0 Å². The summed E-state index contributed by atoms with van der Waals surface area (Å²) >= 11 is 0. The quantitative estimate of drug-likeness (QED) is 0.715. The summed E-state index contributed by atoms with van der Waals surface area (Å²) in [6, 6.07) is 3.41. The lowest BCUT2D eigenvalue weighted by atomic mass is 10.1. The van der Waals surface area contributed by atoms with E-state index in [1.807, 2.05) is 6.92 Å². The fourth-order valence-corrected chi connectivity index (χ4v) is 2.42. The SMILES string of the molecule is CNS(=O)(=O)c1c(N)ccc(C)c1C. The predicted molar refractivity (Wildman–Crippen MR) is 56.6 cm³/mol. The molecule has 0 aliphatic carbocycles. The van der Waals surface area contributed by atoms with Crippen LogP contribution in [0.25, 0.3) is 0 Å². The molecule has 0 saturated carbocycles. The lowest BCUT2D eigenvalue weighted by Gasteiger charge is -2.11. The molecular formula is C9H14N2O2S. The van der Waals surface area contributed by atoms with E-state index < -0.39 is 10.0 Å². The zero-order chi connectivity index (χ0) is 10.9. The van der Waals surface area contributed by atoms with E-state index in [9.17, 15) is 8.42 Å². The molecule has 1 rings (SSSR count). The van der Waals surface area contributed by atoms with Crippen molar-refractivity contribution in [2.45, 2.75) is 18.7 Å². The van der Waals surface area contributed by atoms with Crippen LogP contribution in [0.15, 0.2) is 17.0 Å². The second-order valence-corrected chi connectivity index (χ2v) is 4.96. The number of sulfonamides is 1. The van der Waals surface area contributed by atoms with Crippen LogP contribution in [0.2, 0.25) is 0 Å². The van der Waals surface area contributed by atoms with Gasteiger partial charge in [0.2, 0.25) is 10.0 Å². The van der Waals surface area contributed by atoms with Gasteiger partial charge in [-0.2, -0.15) is 0 Å². The third-order valence-electron chi connectivity index (χ3n) is 2.24. The van der Waals surface area contributed by atoms with Crippen LogP contribution in [-0.2, 0) is 10.0 Å². The van der Waals surface area contributed by atoms with E-state index in [4.69, 9.17) is 5.73 Å². The van der Waals surface area contributed by atoms with Gasteiger partial charge in [0.25, 0.3) is 0 Å². The fourth-order valence-electron chi connectivity index (χ4n) is 1.27. The Bertz CT molecular complexity index is 452. The van der Waals surface area contributed by atoms with E-state index in [2.05, 4.69) is 4.72 Å². The van der Waals surface area contributed by atoms with Gasteiger partial charge in [-0.15, -0.1) is 0 Å². The Balaban J connectivity index is 3.56. The minimum absolute atomic E-state index is 0.181. The molecule has 0 aliphatic heterocycles. The maximum atomic E-state index is 11.6. The number of nitrogens with one attached hydrogen (secondary N) is 1. The molecule has 0 spiro atoms. The first kappa shape index (κ1) is 11.0. The van der Waals surface area contributed by atoms with Gasteiger partial charge in [-0.1, -0.05) is 6.07 Å². The van der Waals surface area contributed by atoms with E-state index >= 15 is 0 Å². The zero-order valence-electron chi connectivity index (χ0n) is 8.46. The normalized spacial score (nSPS) is 11.6. The van der Waals surface area contributed by atoms with Gasteiger partial charge in [0.1, 0.15) is 4.90 Å². The fraction of sp³-hybridized carbons (Fsp3) is 0.333. The molecule has 3 N–H and O–H groups in total. The molecule has 1 aromatic rings. The molecule has 0 heterocycles. The van der Waals surface area contributed by atoms with Crippen molar-refractivity contribution in [3.05, 3.63) is 23.3 Å². The van der Waals surface area contributed by atoms with Crippen molar-refractivity contribution in [3.8, 4) is 0 Å². The van der Waals surface area contributed by atoms with Gasteiger partial charge in [-0.05, 0) is 38.1 Å². The molecule has 0 bridgehead atoms. The maximum Gasteiger partial charge on any atom is 0.242 e. The first-order valence-electron chi connectivity index (χ1n) is 4.19. The summed E-state index contributed by atoms with van der Waals surface area (Å²) in [5.41, 5.74) is 7.52. The molecule has 0 atom stereocenters. The average Bonchev–Trinajstić information content (AvgIpc) is 2.12. The van der Waals surface area contributed by atoms with Crippen molar-refractivity contribution in [1.82, 2.24) is 4.72 Å². The molecular weight excluding hydrogens is 200 g/mol. The maximum absolute atomic E-state index is 11.6. The Morgan fingerprint density at radius 2 is 1.86 bits per heavy atom. The van der Waals surface area contributed by atoms with E-state index in [1.165, 1.54) is 7.05 Å². The van der Waals surface area contributed by atoms with Crippen LogP contribution in [-0.4, -0.2) is 15.5 Å². The molecule has 0 unspecified atom stereocenters. The summed E-state index contributed by atoms with van der Waals surface area (Å²) in [5, 5.41) is 0. The molecule has 0 aliphatic rings. The van der Waals surface area contributed by atoms with Crippen molar-refractivity contribution >= 4 is 15.7 Å². The number of anilines is 1. The Hall–Kier alpha value is -1.07. The molecule has 14 heavy (non-hydrogen) atoms. The minimum Gasteiger partial charge on any atom is -0.398 e. The second-order valence-electron chi connectivity index (χ2n) is 3.13. The molecule has 78 valence electrons. The standard InChI is InChI=1S/C9H14N2O2S/c1-6-4-5-8(10)9(7(6)2)14(12,13)11-3/h4-5,11H,10H2,1-3H3. The number of aryl methyl sites for hydroxylation is 1. The minimum atomic E-state index is -3.46. The van der Waals surface area contributed by atoms with Crippen LogP contribution < -0.4 is 10.5 Å². The summed E-state index contributed by atoms with van der Waals surface area (Å²) in [5.74, 6) is 0. The van der Waals surface area contributed by atoms with Crippen molar-refractivity contribution < 1.29 is 8.42 Å². The van der Waals surface area contributed by atoms with Crippen molar-refractivity contribution in [2.24, 2.45) is 0 Å². The third-order valence-corrected chi connectivity index (χ3v) is 3.86. The molecule has 5 heteroatoms. The van der Waals surface area contributed by atoms with Crippen molar-refractivity contribution in [2.75, 3.05) is 12.8 Å². The van der Waals surface area contributed by atoms with Gasteiger partial charge < -0.3 is 5.73 Å². The molecule has 0 radical (unpaired) electrons. The van der Waals surface area contributed by atoms with Crippen LogP contribution in [0, 0.1) is 13.8 Å². The van der Waals surface area contributed by atoms with E-state index in [0.717, 1.165) is 5.56 Å². The van der Waals surface area contributed by atoms with E-state index in [1.54, 1.807) is 19.1 Å². The van der Waals surface area contributed by atoms with Gasteiger partial charge in [0, 0.05) is 0 Å². The summed E-state index contributed by atoms with van der Waals surface area (Å²) in [6.07, 6.45) is 0. The smallest absolute Gasteiger partial charge is 0.242 e. The molecule has 0 amide bonds. The van der Waals surface area contributed by atoms with Gasteiger partial charge in [-0.25, -0.2) is 13.1 Å². The van der Waals surface area contributed by atoms with E-state index in [0.29, 0.717) is 5.56 Å². The van der Waals surface area contributed by atoms with Gasteiger partial charge in [0.05, 0.1) is 5.69 Å².